The highest BCUT2D eigenvalue weighted by Crippen LogP contribution is 2.24. The van der Waals surface area contributed by atoms with Crippen LogP contribution in [0.1, 0.15) is 0 Å². The fraction of sp³-hybridized carbons (Fsp3) is 0. The normalized spacial score (nSPS) is 11.2. The molecule has 0 spiro atoms. The van der Waals surface area contributed by atoms with Gasteiger partial charge in [0, 0.05) is 6.07 Å². The van der Waals surface area contributed by atoms with Gasteiger partial charge in [0.25, 0.3) is 0 Å². The third-order valence-electron chi connectivity index (χ3n) is 2.90. The number of aromatic amines is 1. The minimum Gasteiger partial charge on any atom is -0.330 e. The maximum absolute atomic E-state index is 13.8. The fourth-order valence-corrected chi connectivity index (χ4v) is 2.31. The Kier molecular flexibility index (Phi) is 2.86. The monoisotopic (exact) mass is 298 g/mol. The lowest BCUT2D eigenvalue weighted by atomic mass is 10.2. The van der Waals surface area contributed by atoms with Crippen molar-refractivity contribution in [3.05, 3.63) is 58.4 Å². The molecular formula is C13H6F4N2S. The van der Waals surface area contributed by atoms with Gasteiger partial charge in [0.2, 0.25) is 0 Å². The smallest absolute Gasteiger partial charge is 0.196 e. The van der Waals surface area contributed by atoms with Gasteiger partial charge < -0.3 is 4.98 Å². The van der Waals surface area contributed by atoms with Crippen molar-refractivity contribution in [1.82, 2.24) is 9.55 Å². The number of hydrogen-bond acceptors (Lipinski definition) is 1. The van der Waals surface area contributed by atoms with E-state index in [1.54, 1.807) is 0 Å². The predicted molar refractivity (Wildman–Crippen MR) is 68.3 cm³/mol. The van der Waals surface area contributed by atoms with Crippen LogP contribution in [0.3, 0.4) is 0 Å². The molecule has 0 aliphatic rings. The number of aromatic nitrogens is 2. The topological polar surface area (TPSA) is 20.7 Å². The summed E-state index contributed by atoms with van der Waals surface area (Å²) in [5, 5.41) is 0. The Morgan fingerprint density at radius 3 is 2.45 bits per heavy atom. The van der Waals surface area contributed by atoms with Gasteiger partial charge in [-0.05, 0) is 36.5 Å². The van der Waals surface area contributed by atoms with Crippen LogP contribution in [-0.2, 0) is 0 Å². The van der Waals surface area contributed by atoms with Crippen LogP contribution in [0.4, 0.5) is 17.6 Å². The number of halogens is 4. The Hall–Kier alpha value is -2.15. The van der Waals surface area contributed by atoms with Crippen LogP contribution in [0.25, 0.3) is 16.7 Å². The molecule has 0 fully saturated rings. The van der Waals surface area contributed by atoms with Crippen molar-refractivity contribution in [1.29, 1.82) is 0 Å². The van der Waals surface area contributed by atoms with Crippen LogP contribution in [0.5, 0.6) is 0 Å². The van der Waals surface area contributed by atoms with Gasteiger partial charge in [-0.3, -0.25) is 4.57 Å². The summed E-state index contributed by atoms with van der Waals surface area (Å²) < 4.78 is 54.6. The Balaban J connectivity index is 2.41. The van der Waals surface area contributed by atoms with Gasteiger partial charge in [0.1, 0.15) is 5.82 Å². The molecular weight excluding hydrogens is 292 g/mol. The van der Waals surface area contributed by atoms with Crippen molar-refractivity contribution in [2.24, 2.45) is 0 Å². The summed E-state index contributed by atoms with van der Waals surface area (Å²) in [5.74, 6) is -4.84. The lowest BCUT2D eigenvalue weighted by Gasteiger charge is -2.07. The van der Waals surface area contributed by atoms with Crippen LogP contribution >= 0.6 is 12.2 Å². The van der Waals surface area contributed by atoms with Gasteiger partial charge in [-0.1, -0.05) is 0 Å². The van der Waals surface area contributed by atoms with E-state index < -0.39 is 23.3 Å². The van der Waals surface area contributed by atoms with E-state index in [1.807, 2.05) is 0 Å². The number of rotatable bonds is 1. The predicted octanol–water partition coefficient (Wildman–Crippen LogP) is 4.24. The Morgan fingerprint density at radius 1 is 0.950 bits per heavy atom. The lowest BCUT2D eigenvalue weighted by Crippen LogP contribution is -2.02. The second kappa shape index (κ2) is 4.45. The van der Waals surface area contributed by atoms with Crippen molar-refractivity contribution in [3.8, 4) is 5.69 Å². The van der Waals surface area contributed by atoms with E-state index in [9.17, 15) is 17.6 Å². The molecule has 2 nitrogen and oxygen atoms in total. The molecule has 3 aromatic rings. The third-order valence-corrected chi connectivity index (χ3v) is 3.19. The number of nitrogens with one attached hydrogen (secondary N) is 1. The number of hydrogen-bond donors (Lipinski definition) is 1. The van der Waals surface area contributed by atoms with Gasteiger partial charge in [-0.15, -0.1) is 0 Å². The van der Waals surface area contributed by atoms with E-state index in [1.165, 1.54) is 12.1 Å². The number of H-pyrrole nitrogens is 1. The van der Waals surface area contributed by atoms with E-state index >= 15 is 0 Å². The van der Waals surface area contributed by atoms with Crippen molar-refractivity contribution in [3.63, 3.8) is 0 Å². The molecule has 0 aliphatic heterocycles. The Labute approximate surface area is 115 Å². The SMILES string of the molecule is Fc1ccc2[nH]c(=S)n(-c3ccc(F)c(F)c3F)c2c1. The zero-order valence-corrected chi connectivity index (χ0v) is 10.6. The maximum atomic E-state index is 13.8. The highest BCUT2D eigenvalue weighted by atomic mass is 32.1. The number of fused-ring (bicyclic) bond motifs is 1. The summed E-state index contributed by atoms with van der Waals surface area (Å²) in [7, 11) is 0. The summed E-state index contributed by atoms with van der Waals surface area (Å²) >= 11 is 5.02. The average Bonchev–Trinajstić information content (AvgIpc) is 2.72. The molecule has 0 amide bonds. The van der Waals surface area contributed by atoms with E-state index in [4.69, 9.17) is 12.2 Å². The summed E-state index contributed by atoms with van der Waals surface area (Å²) in [6, 6.07) is 5.59. The fourth-order valence-electron chi connectivity index (χ4n) is 2.00. The first-order valence-electron chi connectivity index (χ1n) is 5.53. The molecule has 20 heavy (non-hydrogen) atoms. The third kappa shape index (κ3) is 1.82. The Morgan fingerprint density at radius 2 is 1.70 bits per heavy atom. The maximum Gasteiger partial charge on any atom is 0.196 e. The largest absolute Gasteiger partial charge is 0.330 e. The molecule has 0 aliphatic carbocycles. The van der Waals surface area contributed by atoms with Gasteiger partial charge >= 0.3 is 0 Å². The summed E-state index contributed by atoms with van der Waals surface area (Å²) in [6.45, 7) is 0. The molecule has 0 saturated heterocycles. The minimum atomic E-state index is -1.60. The molecule has 102 valence electrons. The number of imidazole rings is 1. The molecule has 3 rings (SSSR count). The zero-order valence-electron chi connectivity index (χ0n) is 9.75. The number of benzene rings is 2. The average molecular weight is 298 g/mol. The molecule has 1 aromatic heterocycles. The van der Waals surface area contributed by atoms with Crippen LogP contribution in [0.15, 0.2) is 30.3 Å². The van der Waals surface area contributed by atoms with E-state index in [2.05, 4.69) is 4.98 Å². The molecule has 0 radical (unpaired) electrons. The Bertz CT molecular complexity index is 882. The molecule has 1 heterocycles. The zero-order chi connectivity index (χ0) is 14.4. The molecule has 0 atom stereocenters. The van der Waals surface area contributed by atoms with Crippen molar-refractivity contribution < 1.29 is 17.6 Å². The molecule has 7 heteroatoms. The van der Waals surface area contributed by atoms with Gasteiger partial charge in [-0.25, -0.2) is 17.6 Å². The summed E-state index contributed by atoms with van der Waals surface area (Å²) in [4.78, 5) is 2.74. The van der Waals surface area contributed by atoms with Crippen LogP contribution in [-0.4, -0.2) is 9.55 Å². The van der Waals surface area contributed by atoms with Crippen LogP contribution in [0.2, 0.25) is 0 Å². The van der Waals surface area contributed by atoms with Gasteiger partial charge in [0.05, 0.1) is 16.7 Å². The van der Waals surface area contributed by atoms with Gasteiger partial charge in [-0.2, -0.15) is 0 Å². The van der Waals surface area contributed by atoms with E-state index in [0.717, 1.165) is 22.8 Å². The second-order valence-corrected chi connectivity index (χ2v) is 4.51. The van der Waals surface area contributed by atoms with Crippen molar-refractivity contribution >= 4 is 23.3 Å². The lowest BCUT2D eigenvalue weighted by molar-refractivity contribution is 0.445. The highest BCUT2D eigenvalue weighted by molar-refractivity contribution is 7.71. The van der Waals surface area contributed by atoms with E-state index in [0.29, 0.717) is 5.52 Å². The molecule has 0 saturated carbocycles. The van der Waals surface area contributed by atoms with Crippen molar-refractivity contribution in [2.45, 2.75) is 0 Å². The standard InChI is InChI=1S/C13H6F4N2S/c14-6-1-3-8-10(5-6)19(13(20)18-8)9-4-2-7(15)11(16)12(9)17/h1-5H,(H,18,20). The molecule has 0 bridgehead atoms. The summed E-state index contributed by atoms with van der Waals surface area (Å²) in [5.41, 5.74) is 0.409. The van der Waals surface area contributed by atoms with E-state index in [-0.39, 0.29) is 16.0 Å². The first-order chi connectivity index (χ1) is 9.49. The van der Waals surface area contributed by atoms with Crippen molar-refractivity contribution in [2.75, 3.05) is 0 Å². The van der Waals surface area contributed by atoms with Gasteiger partial charge in [0.15, 0.2) is 22.2 Å². The van der Waals surface area contributed by atoms with Crippen LogP contribution in [0, 0.1) is 28.0 Å². The highest BCUT2D eigenvalue weighted by Gasteiger charge is 2.17. The van der Waals surface area contributed by atoms with Crippen LogP contribution < -0.4 is 0 Å². The first-order valence-corrected chi connectivity index (χ1v) is 5.94. The summed E-state index contributed by atoms with van der Waals surface area (Å²) in [6.07, 6.45) is 0. The molecule has 1 N–H and O–H groups in total. The molecule has 2 aromatic carbocycles. The first kappa shape index (κ1) is 12.9. The number of nitrogens with zero attached hydrogens (tertiary/aromatic N) is 1. The minimum absolute atomic E-state index is 0.0514. The quantitative estimate of drug-likeness (QED) is 0.405. The molecule has 0 unspecified atom stereocenters. The second-order valence-electron chi connectivity index (χ2n) is 4.12.